The van der Waals surface area contributed by atoms with Gasteiger partial charge in [-0.1, -0.05) is 18.2 Å². The zero-order chi connectivity index (χ0) is 14.5. The molecule has 1 aromatic carbocycles. The van der Waals surface area contributed by atoms with Gasteiger partial charge in [0.1, 0.15) is 0 Å². The number of carbonyl (C=O) groups excluding carboxylic acids is 1. The fourth-order valence-electron chi connectivity index (χ4n) is 2.92. The molecule has 0 aromatic heterocycles. The van der Waals surface area contributed by atoms with Crippen LogP contribution in [0.3, 0.4) is 0 Å². The van der Waals surface area contributed by atoms with Crippen molar-refractivity contribution in [1.29, 1.82) is 0 Å². The molecule has 1 atom stereocenters. The van der Waals surface area contributed by atoms with Crippen LogP contribution in [0.25, 0.3) is 0 Å². The smallest absolute Gasteiger partial charge is 0.241 e. The Kier molecular flexibility index (Phi) is 5.15. The largest absolute Gasteiger partial charge is 0.395 e. The maximum atomic E-state index is 12.5. The minimum Gasteiger partial charge on any atom is -0.395 e. The minimum absolute atomic E-state index is 0.113. The summed E-state index contributed by atoms with van der Waals surface area (Å²) < 4.78 is 0. The molecule has 1 aromatic rings. The van der Waals surface area contributed by atoms with E-state index in [1.165, 1.54) is 0 Å². The highest BCUT2D eigenvalue weighted by Crippen LogP contribution is 2.21. The maximum absolute atomic E-state index is 12.5. The zero-order valence-corrected chi connectivity index (χ0v) is 12.4. The van der Waals surface area contributed by atoms with Crippen molar-refractivity contribution in [3.8, 4) is 0 Å². The molecule has 1 N–H and O–H groups in total. The first kappa shape index (κ1) is 15.0. The van der Waals surface area contributed by atoms with Gasteiger partial charge in [0.2, 0.25) is 5.91 Å². The summed E-state index contributed by atoms with van der Waals surface area (Å²) in [7, 11) is 0. The Morgan fingerprint density at radius 1 is 1.45 bits per heavy atom. The molecule has 1 amide bonds. The van der Waals surface area contributed by atoms with Crippen LogP contribution in [-0.4, -0.2) is 48.2 Å². The highest BCUT2D eigenvalue weighted by molar-refractivity contribution is 5.95. The number of benzene rings is 1. The molecule has 1 heterocycles. The van der Waals surface area contributed by atoms with E-state index in [9.17, 15) is 9.90 Å². The molecule has 1 saturated heterocycles. The number of nitrogens with zero attached hydrogens (tertiary/aromatic N) is 2. The highest BCUT2D eigenvalue weighted by Gasteiger charge is 2.27. The van der Waals surface area contributed by atoms with Gasteiger partial charge in [0, 0.05) is 18.3 Å². The Hall–Kier alpha value is -1.39. The van der Waals surface area contributed by atoms with Crippen LogP contribution >= 0.6 is 0 Å². The summed E-state index contributed by atoms with van der Waals surface area (Å²) >= 11 is 0. The lowest BCUT2D eigenvalue weighted by atomic mass is 10.1. The summed E-state index contributed by atoms with van der Waals surface area (Å²) in [5, 5.41) is 9.34. The number of para-hydroxylation sites is 1. The van der Waals surface area contributed by atoms with Crippen LogP contribution in [0, 0.1) is 6.92 Å². The second-order valence-electron chi connectivity index (χ2n) is 5.37. The van der Waals surface area contributed by atoms with E-state index in [2.05, 4.69) is 4.90 Å². The van der Waals surface area contributed by atoms with Crippen molar-refractivity contribution >= 4 is 11.6 Å². The fraction of sp³-hybridized carbons (Fsp3) is 0.562. The van der Waals surface area contributed by atoms with Crippen LogP contribution in [0.15, 0.2) is 24.3 Å². The van der Waals surface area contributed by atoms with Crippen LogP contribution in [0.1, 0.15) is 25.3 Å². The van der Waals surface area contributed by atoms with E-state index in [1.807, 2.05) is 43.0 Å². The maximum Gasteiger partial charge on any atom is 0.241 e. The molecule has 0 bridgehead atoms. The van der Waals surface area contributed by atoms with E-state index in [-0.39, 0.29) is 18.6 Å². The van der Waals surface area contributed by atoms with Gasteiger partial charge >= 0.3 is 0 Å². The van der Waals surface area contributed by atoms with Crippen LogP contribution in [0.5, 0.6) is 0 Å². The molecule has 1 aliphatic heterocycles. The van der Waals surface area contributed by atoms with Gasteiger partial charge < -0.3 is 10.0 Å². The van der Waals surface area contributed by atoms with E-state index < -0.39 is 0 Å². The number of likely N-dealkylation sites (tertiary alicyclic amines) is 1. The SMILES string of the molecule is CCN(C(=O)CN1CCC[C@@H]1CO)c1ccccc1C. The van der Waals surface area contributed by atoms with Crippen molar-refractivity contribution in [2.24, 2.45) is 0 Å². The Bertz CT molecular complexity index is 462. The summed E-state index contributed by atoms with van der Waals surface area (Å²) in [6, 6.07) is 8.11. The zero-order valence-electron chi connectivity index (χ0n) is 12.4. The summed E-state index contributed by atoms with van der Waals surface area (Å²) in [6.45, 7) is 6.14. The molecule has 4 nitrogen and oxygen atoms in total. The highest BCUT2D eigenvalue weighted by atomic mass is 16.3. The van der Waals surface area contributed by atoms with Gasteiger partial charge in [0.25, 0.3) is 0 Å². The van der Waals surface area contributed by atoms with Crippen molar-refractivity contribution in [1.82, 2.24) is 4.90 Å². The second kappa shape index (κ2) is 6.86. The van der Waals surface area contributed by atoms with Gasteiger partial charge in [-0.05, 0) is 44.9 Å². The predicted octanol–water partition coefficient (Wildman–Crippen LogP) is 1.80. The molecule has 1 fully saturated rings. The Labute approximate surface area is 121 Å². The number of carbonyl (C=O) groups is 1. The summed E-state index contributed by atoms with van der Waals surface area (Å²) in [4.78, 5) is 16.5. The number of amides is 1. The van der Waals surface area contributed by atoms with Gasteiger partial charge in [-0.25, -0.2) is 0 Å². The van der Waals surface area contributed by atoms with Crippen molar-refractivity contribution in [2.45, 2.75) is 32.7 Å². The Morgan fingerprint density at radius 2 is 2.20 bits per heavy atom. The molecule has 0 spiro atoms. The lowest BCUT2D eigenvalue weighted by Crippen LogP contribution is -2.43. The molecule has 20 heavy (non-hydrogen) atoms. The average Bonchev–Trinajstić information content (AvgIpc) is 2.89. The van der Waals surface area contributed by atoms with E-state index in [4.69, 9.17) is 0 Å². The van der Waals surface area contributed by atoms with Gasteiger partial charge in [-0.15, -0.1) is 0 Å². The molecular weight excluding hydrogens is 252 g/mol. The average molecular weight is 276 g/mol. The molecule has 2 rings (SSSR count). The monoisotopic (exact) mass is 276 g/mol. The Balaban J connectivity index is 2.08. The van der Waals surface area contributed by atoms with Gasteiger partial charge in [0.15, 0.2) is 0 Å². The number of aliphatic hydroxyl groups excluding tert-OH is 1. The first-order chi connectivity index (χ1) is 9.67. The van der Waals surface area contributed by atoms with Crippen molar-refractivity contribution in [2.75, 3.05) is 31.1 Å². The third kappa shape index (κ3) is 3.19. The number of aliphatic hydroxyl groups is 1. The standard InChI is InChI=1S/C16H24N2O2/c1-3-18(15-9-5-4-7-13(15)2)16(20)11-17-10-6-8-14(17)12-19/h4-5,7,9,14,19H,3,6,8,10-12H2,1-2H3/t14-/m1/s1. The van der Waals surface area contributed by atoms with E-state index in [0.717, 1.165) is 30.6 Å². The molecule has 0 saturated carbocycles. The normalized spacial score (nSPS) is 19.2. The van der Waals surface area contributed by atoms with E-state index in [0.29, 0.717) is 13.1 Å². The molecule has 1 aliphatic rings. The second-order valence-corrected chi connectivity index (χ2v) is 5.37. The number of aryl methyl sites for hydroxylation is 1. The van der Waals surface area contributed by atoms with Gasteiger partial charge in [-0.3, -0.25) is 9.69 Å². The lowest BCUT2D eigenvalue weighted by Gasteiger charge is -2.28. The minimum atomic E-state index is 0.113. The number of hydrogen-bond donors (Lipinski definition) is 1. The van der Waals surface area contributed by atoms with Crippen molar-refractivity contribution < 1.29 is 9.90 Å². The quantitative estimate of drug-likeness (QED) is 0.892. The molecule has 110 valence electrons. The fourth-order valence-corrected chi connectivity index (χ4v) is 2.92. The van der Waals surface area contributed by atoms with Crippen molar-refractivity contribution in [3.63, 3.8) is 0 Å². The predicted molar refractivity (Wildman–Crippen MR) is 80.9 cm³/mol. The number of likely N-dealkylation sites (N-methyl/N-ethyl adjacent to an activating group) is 1. The van der Waals surface area contributed by atoms with Gasteiger partial charge in [-0.2, -0.15) is 0 Å². The molecule has 0 aliphatic carbocycles. The first-order valence-electron chi connectivity index (χ1n) is 7.38. The summed E-state index contributed by atoms with van der Waals surface area (Å²) in [6.07, 6.45) is 2.05. The molecule has 0 radical (unpaired) electrons. The Morgan fingerprint density at radius 3 is 2.85 bits per heavy atom. The molecule has 4 heteroatoms. The summed E-state index contributed by atoms with van der Waals surface area (Å²) in [5.41, 5.74) is 2.10. The van der Waals surface area contributed by atoms with Crippen LogP contribution < -0.4 is 4.90 Å². The third-order valence-corrected chi connectivity index (χ3v) is 4.07. The number of rotatable bonds is 5. The first-order valence-corrected chi connectivity index (χ1v) is 7.38. The third-order valence-electron chi connectivity index (χ3n) is 4.07. The van der Waals surface area contributed by atoms with Crippen LogP contribution in [0.2, 0.25) is 0 Å². The van der Waals surface area contributed by atoms with Crippen LogP contribution in [0.4, 0.5) is 5.69 Å². The lowest BCUT2D eigenvalue weighted by molar-refractivity contribution is -0.120. The number of anilines is 1. The molecular formula is C16H24N2O2. The van der Waals surface area contributed by atoms with Crippen molar-refractivity contribution in [3.05, 3.63) is 29.8 Å². The molecule has 0 unspecified atom stereocenters. The van der Waals surface area contributed by atoms with Crippen LogP contribution in [-0.2, 0) is 4.79 Å². The van der Waals surface area contributed by atoms with Gasteiger partial charge in [0.05, 0.1) is 13.2 Å². The summed E-state index contributed by atoms with van der Waals surface area (Å²) in [5.74, 6) is 0.113. The van der Waals surface area contributed by atoms with E-state index in [1.54, 1.807) is 0 Å². The van der Waals surface area contributed by atoms with E-state index >= 15 is 0 Å². The topological polar surface area (TPSA) is 43.8 Å². The number of hydrogen-bond acceptors (Lipinski definition) is 3.